The van der Waals surface area contributed by atoms with Crippen LogP contribution in [0.5, 0.6) is 0 Å². The Morgan fingerprint density at radius 2 is 1.72 bits per heavy atom. The molecule has 0 unspecified atom stereocenters. The molecule has 1 saturated carbocycles. The molecule has 0 atom stereocenters. The van der Waals surface area contributed by atoms with E-state index in [2.05, 4.69) is 41.8 Å². The molecule has 3 aromatic heterocycles. The van der Waals surface area contributed by atoms with E-state index in [-0.39, 0.29) is 16.9 Å². The zero-order chi connectivity index (χ0) is 27.6. The fourth-order valence-electron chi connectivity index (χ4n) is 5.99. The number of imidazole rings is 2. The van der Waals surface area contributed by atoms with Crippen molar-refractivity contribution in [3.05, 3.63) is 58.8 Å². The van der Waals surface area contributed by atoms with Gasteiger partial charge < -0.3 is 5.32 Å². The zero-order valence-corrected chi connectivity index (χ0v) is 23.5. The topological polar surface area (TPSA) is 74.6 Å². The Labute approximate surface area is 227 Å². The smallest absolute Gasteiger partial charge is 0.328 e. The van der Waals surface area contributed by atoms with Gasteiger partial charge in [0.2, 0.25) is 0 Å². The molecule has 5 aromatic rings. The van der Waals surface area contributed by atoms with Crippen LogP contribution in [0.15, 0.2) is 41.5 Å². The second-order valence-corrected chi connectivity index (χ2v) is 12.0. The van der Waals surface area contributed by atoms with E-state index in [1.54, 1.807) is 39.3 Å². The van der Waals surface area contributed by atoms with Crippen LogP contribution in [0.25, 0.3) is 38.9 Å². The summed E-state index contributed by atoms with van der Waals surface area (Å²) in [6.45, 7) is 6.34. The average molecular weight is 530 g/mol. The minimum atomic E-state index is -0.328. The van der Waals surface area contributed by atoms with E-state index < -0.39 is 0 Å². The van der Waals surface area contributed by atoms with E-state index in [9.17, 15) is 4.79 Å². The minimum Gasteiger partial charge on any atom is -0.381 e. The van der Waals surface area contributed by atoms with Crippen molar-refractivity contribution in [3.8, 4) is 16.8 Å². The number of aryl methyl sites for hydroxylation is 3. The summed E-state index contributed by atoms with van der Waals surface area (Å²) < 4.78 is 22.7. The standard InChI is InChI=1S/C30H36FN7O/c1-30(2,3)28-34-23-14-21(18-16-32-35(4)17-18)22(31)15-25(23)38(28)20-12-24(33-19-10-8-7-9-11-19)27-26(13-20)36(5)29(39)37(27)6/h12-17,19,33H,7-11H2,1-6H3. The van der Waals surface area contributed by atoms with Crippen LogP contribution in [0.2, 0.25) is 0 Å². The molecule has 39 heavy (non-hydrogen) atoms. The van der Waals surface area contributed by atoms with Crippen LogP contribution in [0.4, 0.5) is 10.1 Å². The number of nitrogens with one attached hydrogen (secondary N) is 1. The molecule has 1 fully saturated rings. The van der Waals surface area contributed by atoms with Crippen LogP contribution in [-0.2, 0) is 26.6 Å². The van der Waals surface area contributed by atoms with Crippen LogP contribution in [0, 0.1) is 5.82 Å². The summed E-state index contributed by atoms with van der Waals surface area (Å²) in [5.41, 5.74) is 5.66. The summed E-state index contributed by atoms with van der Waals surface area (Å²) in [5.74, 6) is 0.495. The Morgan fingerprint density at radius 1 is 0.974 bits per heavy atom. The van der Waals surface area contributed by atoms with Gasteiger partial charge in [-0.15, -0.1) is 0 Å². The van der Waals surface area contributed by atoms with Crippen LogP contribution in [0.1, 0.15) is 58.7 Å². The number of aromatic nitrogens is 6. The number of nitrogens with zero attached hydrogens (tertiary/aromatic N) is 6. The first kappa shape index (κ1) is 25.4. The molecule has 0 bridgehead atoms. The van der Waals surface area contributed by atoms with Crippen molar-refractivity contribution in [1.29, 1.82) is 0 Å². The van der Waals surface area contributed by atoms with Gasteiger partial charge in [-0.2, -0.15) is 5.10 Å². The molecular formula is C30H36FN7O. The highest BCUT2D eigenvalue weighted by Gasteiger charge is 2.27. The fourth-order valence-corrected chi connectivity index (χ4v) is 5.99. The number of anilines is 1. The fraction of sp³-hybridized carbons (Fsp3) is 0.433. The van der Waals surface area contributed by atoms with Crippen LogP contribution in [-0.4, -0.2) is 34.5 Å². The molecule has 1 aliphatic rings. The van der Waals surface area contributed by atoms with Crippen molar-refractivity contribution in [2.45, 2.75) is 64.3 Å². The van der Waals surface area contributed by atoms with E-state index >= 15 is 4.39 Å². The third-order valence-corrected chi connectivity index (χ3v) is 8.00. The predicted octanol–water partition coefficient (Wildman–Crippen LogP) is 5.80. The second-order valence-electron chi connectivity index (χ2n) is 12.0. The van der Waals surface area contributed by atoms with E-state index in [1.165, 1.54) is 19.3 Å². The van der Waals surface area contributed by atoms with Crippen molar-refractivity contribution in [2.24, 2.45) is 21.1 Å². The van der Waals surface area contributed by atoms with Gasteiger partial charge in [-0.25, -0.2) is 14.2 Å². The number of benzene rings is 2. The van der Waals surface area contributed by atoms with E-state index in [0.29, 0.717) is 28.2 Å². The Hall–Kier alpha value is -3.88. The minimum absolute atomic E-state index is 0.0764. The lowest BCUT2D eigenvalue weighted by Crippen LogP contribution is -2.23. The molecule has 0 amide bonds. The quantitative estimate of drug-likeness (QED) is 0.319. The molecule has 0 spiro atoms. The molecule has 0 aliphatic heterocycles. The summed E-state index contributed by atoms with van der Waals surface area (Å²) in [6.07, 6.45) is 9.35. The largest absolute Gasteiger partial charge is 0.381 e. The molecule has 0 saturated heterocycles. The normalized spacial score (nSPS) is 15.1. The maximum Gasteiger partial charge on any atom is 0.328 e. The summed E-state index contributed by atoms with van der Waals surface area (Å²) in [6, 6.07) is 7.85. The van der Waals surface area contributed by atoms with Crippen LogP contribution >= 0.6 is 0 Å². The summed E-state index contributed by atoms with van der Waals surface area (Å²) in [5, 5.41) is 7.98. The Bertz CT molecular complexity index is 1770. The lowest BCUT2D eigenvalue weighted by molar-refractivity contribution is 0.463. The first-order chi connectivity index (χ1) is 18.5. The van der Waals surface area contributed by atoms with Gasteiger partial charge >= 0.3 is 5.69 Å². The second kappa shape index (κ2) is 9.10. The third kappa shape index (κ3) is 4.24. The molecule has 1 N–H and O–H groups in total. The van der Waals surface area contributed by atoms with Crippen molar-refractivity contribution in [1.82, 2.24) is 28.5 Å². The molecule has 204 valence electrons. The Kier molecular flexibility index (Phi) is 5.93. The molecule has 9 heteroatoms. The monoisotopic (exact) mass is 529 g/mol. The van der Waals surface area contributed by atoms with E-state index in [4.69, 9.17) is 4.98 Å². The highest BCUT2D eigenvalue weighted by molar-refractivity contribution is 5.93. The first-order valence-electron chi connectivity index (χ1n) is 13.7. The average Bonchev–Trinajstić information content (AvgIpc) is 3.55. The van der Waals surface area contributed by atoms with E-state index in [0.717, 1.165) is 41.1 Å². The lowest BCUT2D eigenvalue weighted by atomic mass is 9.95. The van der Waals surface area contributed by atoms with Gasteiger partial charge in [0, 0.05) is 56.0 Å². The van der Waals surface area contributed by atoms with Gasteiger partial charge in [0.1, 0.15) is 11.6 Å². The van der Waals surface area contributed by atoms with Crippen LogP contribution in [0.3, 0.4) is 0 Å². The first-order valence-corrected chi connectivity index (χ1v) is 13.7. The number of hydrogen-bond acceptors (Lipinski definition) is 4. The van der Waals surface area contributed by atoms with Gasteiger partial charge in [0.25, 0.3) is 0 Å². The summed E-state index contributed by atoms with van der Waals surface area (Å²) in [7, 11) is 5.44. The Balaban J connectivity index is 1.61. The highest BCUT2D eigenvalue weighted by Crippen LogP contribution is 2.36. The third-order valence-electron chi connectivity index (χ3n) is 8.00. The number of rotatable bonds is 4. The van der Waals surface area contributed by atoms with Crippen molar-refractivity contribution in [3.63, 3.8) is 0 Å². The predicted molar refractivity (Wildman–Crippen MR) is 154 cm³/mol. The molecule has 3 heterocycles. The molecule has 0 radical (unpaired) electrons. The van der Waals surface area contributed by atoms with E-state index in [1.807, 2.05) is 26.2 Å². The maximum absolute atomic E-state index is 15.6. The van der Waals surface area contributed by atoms with Crippen molar-refractivity contribution in [2.75, 3.05) is 5.32 Å². The molecule has 8 nitrogen and oxygen atoms in total. The Morgan fingerprint density at radius 3 is 2.38 bits per heavy atom. The number of hydrogen-bond donors (Lipinski definition) is 1. The van der Waals surface area contributed by atoms with Gasteiger partial charge in [0.05, 0.1) is 39.6 Å². The van der Waals surface area contributed by atoms with Crippen molar-refractivity contribution < 1.29 is 4.39 Å². The summed E-state index contributed by atoms with van der Waals surface area (Å²) >= 11 is 0. The van der Waals surface area contributed by atoms with Crippen LogP contribution < -0.4 is 11.0 Å². The molecular weight excluding hydrogens is 493 g/mol. The SMILES string of the molecule is Cn1cc(-c2cc3nc(C(C)(C)C)n(-c4cc(NC5CCCCC5)c5c(c4)n(C)c(=O)n5C)c3cc2F)cn1. The number of fused-ring (bicyclic) bond motifs is 2. The van der Waals surface area contributed by atoms with Crippen molar-refractivity contribution >= 4 is 27.8 Å². The summed E-state index contributed by atoms with van der Waals surface area (Å²) in [4.78, 5) is 18.0. The highest BCUT2D eigenvalue weighted by atomic mass is 19.1. The molecule has 2 aromatic carbocycles. The number of halogens is 1. The molecule has 1 aliphatic carbocycles. The van der Waals surface area contributed by atoms with Gasteiger partial charge in [-0.3, -0.25) is 18.4 Å². The van der Waals surface area contributed by atoms with Gasteiger partial charge in [-0.1, -0.05) is 40.0 Å². The zero-order valence-electron chi connectivity index (χ0n) is 23.5. The molecule has 6 rings (SSSR count). The maximum atomic E-state index is 15.6. The van der Waals surface area contributed by atoms with Gasteiger partial charge in [0.15, 0.2) is 0 Å². The van der Waals surface area contributed by atoms with Gasteiger partial charge in [-0.05, 0) is 31.0 Å². The lowest BCUT2D eigenvalue weighted by Gasteiger charge is -2.25.